The zero-order valence-corrected chi connectivity index (χ0v) is 13.0. The van der Waals surface area contributed by atoms with Gasteiger partial charge in [-0.05, 0) is 52.0 Å². The molecule has 1 N–H and O–H groups in total. The number of nitrogens with one attached hydrogen (secondary N) is 1. The quantitative estimate of drug-likeness (QED) is 0.741. The number of benzene rings is 1. The maximum atomic E-state index is 12.1. The van der Waals surface area contributed by atoms with Crippen LogP contribution in [0.1, 0.15) is 25.3 Å². The van der Waals surface area contributed by atoms with E-state index in [-0.39, 0.29) is 5.91 Å². The molecule has 1 rings (SSSR count). The predicted molar refractivity (Wildman–Crippen MR) is 82.1 cm³/mol. The molecule has 0 radical (unpaired) electrons. The molecule has 0 aliphatic heterocycles. The van der Waals surface area contributed by atoms with Crippen molar-refractivity contribution >= 4 is 5.91 Å². The summed E-state index contributed by atoms with van der Waals surface area (Å²) in [7, 11) is 4.05. The molecule has 0 saturated carbocycles. The number of amides is 1. The maximum Gasteiger partial charge on any atom is 0.261 e. The van der Waals surface area contributed by atoms with Crippen molar-refractivity contribution in [1.82, 2.24) is 10.2 Å². The Morgan fingerprint density at radius 3 is 2.65 bits per heavy atom. The van der Waals surface area contributed by atoms with Crippen LogP contribution in [0.15, 0.2) is 24.3 Å². The SMILES string of the molecule is CCC(Oc1ccccc1C)C(=O)NCCCN(C)C. The first kappa shape index (κ1) is 16.5. The van der Waals surface area contributed by atoms with Crippen molar-refractivity contribution in [2.45, 2.75) is 32.8 Å². The van der Waals surface area contributed by atoms with Crippen LogP contribution in [0.2, 0.25) is 0 Å². The van der Waals surface area contributed by atoms with Gasteiger partial charge in [0.15, 0.2) is 6.10 Å². The summed E-state index contributed by atoms with van der Waals surface area (Å²) in [5, 5.41) is 2.94. The van der Waals surface area contributed by atoms with Crippen molar-refractivity contribution in [3.8, 4) is 5.75 Å². The number of aryl methyl sites for hydroxylation is 1. The van der Waals surface area contributed by atoms with E-state index >= 15 is 0 Å². The minimum atomic E-state index is -0.421. The van der Waals surface area contributed by atoms with Gasteiger partial charge >= 0.3 is 0 Å². The van der Waals surface area contributed by atoms with Gasteiger partial charge in [-0.15, -0.1) is 0 Å². The molecule has 0 spiro atoms. The molecule has 0 aliphatic carbocycles. The van der Waals surface area contributed by atoms with Gasteiger partial charge < -0.3 is 15.0 Å². The molecule has 4 nitrogen and oxygen atoms in total. The van der Waals surface area contributed by atoms with E-state index in [4.69, 9.17) is 4.74 Å². The average Bonchev–Trinajstić information content (AvgIpc) is 2.42. The van der Waals surface area contributed by atoms with Gasteiger partial charge in [0.05, 0.1) is 0 Å². The van der Waals surface area contributed by atoms with E-state index in [1.165, 1.54) is 0 Å². The minimum Gasteiger partial charge on any atom is -0.480 e. The lowest BCUT2D eigenvalue weighted by molar-refractivity contribution is -0.128. The number of nitrogens with zero attached hydrogens (tertiary/aromatic N) is 1. The second-order valence-corrected chi connectivity index (χ2v) is 5.23. The van der Waals surface area contributed by atoms with Gasteiger partial charge in [0.1, 0.15) is 5.75 Å². The molecule has 0 aromatic heterocycles. The van der Waals surface area contributed by atoms with Gasteiger partial charge in [-0.1, -0.05) is 25.1 Å². The normalized spacial score (nSPS) is 12.2. The number of ether oxygens (including phenoxy) is 1. The van der Waals surface area contributed by atoms with E-state index in [2.05, 4.69) is 10.2 Å². The van der Waals surface area contributed by atoms with Crippen LogP contribution in [-0.4, -0.2) is 44.1 Å². The molecule has 20 heavy (non-hydrogen) atoms. The highest BCUT2D eigenvalue weighted by atomic mass is 16.5. The van der Waals surface area contributed by atoms with Crippen molar-refractivity contribution in [2.24, 2.45) is 0 Å². The first-order valence-corrected chi connectivity index (χ1v) is 7.19. The van der Waals surface area contributed by atoms with Crippen molar-refractivity contribution < 1.29 is 9.53 Å². The summed E-state index contributed by atoms with van der Waals surface area (Å²) in [6.07, 6.45) is 1.18. The number of carbonyl (C=O) groups is 1. The van der Waals surface area contributed by atoms with E-state index in [1.54, 1.807) is 0 Å². The number of rotatable bonds is 8. The maximum absolute atomic E-state index is 12.1. The fraction of sp³-hybridized carbons (Fsp3) is 0.562. The summed E-state index contributed by atoms with van der Waals surface area (Å²) in [5.74, 6) is 0.748. The first-order chi connectivity index (χ1) is 9.54. The molecular weight excluding hydrogens is 252 g/mol. The Morgan fingerprint density at radius 1 is 1.35 bits per heavy atom. The van der Waals surface area contributed by atoms with Crippen molar-refractivity contribution in [3.05, 3.63) is 29.8 Å². The molecule has 1 amide bonds. The fourth-order valence-corrected chi connectivity index (χ4v) is 1.88. The third-order valence-corrected chi connectivity index (χ3v) is 3.11. The van der Waals surface area contributed by atoms with Crippen LogP contribution in [0.4, 0.5) is 0 Å². The van der Waals surface area contributed by atoms with Crippen molar-refractivity contribution in [3.63, 3.8) is 0 Å². The first-order valence-electron chi connectivity index (χ1n) is 7.19. The smallest absolute Gasteiger partial charge is 0.261 e. The van der Waals surface area contributed by atoms with Crippen LogP contribution in [0.3, 0.4) is 0 Å². The number of para-hydroxylation sites is 1. The largest absolute Gasteiger partial charge is 0.480 e. The summed E-state index contributed by atoms with van der Waals surface area (Å²) < 4.78 is 5.81. The van der Waals surface area contributed by atoms with E-state index in [0.717, 1.165) is 24.3 Å². The molecule has 0 aliphatic rings. The standard InChI is InChI=1S/C16H26N2O2/c1-5-14(16(19)17-11-8-12-18(3)4)20-15-10-7-6-9-13(15)2/h6-7,9-10,14H,5,8,11-12H2,1-4H3,(H,17,19). The molecular formula is C16H26N2O2. The second kappa shape index (κ2) is 8.59. The summed E-state index contributed by atoms with van der Waals surface area (Å²) in [6.45, 7) is 5.60. The lowest BCUT2D eigenvalue weighted by atomic mass is 10.2. The van der Waals surface area contributed by atoms with Crippen molar-refractivity contribution in [1.29, 1.82) is 0 Å². The molecule has 1 aromatic rings. The Balaban J connectivity index is 2.45. The number of hydrogen-bond acceptors (Lipinski definition) is 3. The number of carbonyl (C=O) groups excluding carboxylic acids is 1. The molecule has 1 atom stereocenters. The molecule has 0 saturated heterocycles. The Labute approximate surface area is 122 Å². The molecule has 4 heteroatoms. The topological polar surface area (TPSA) is 41.6 Å². The number of hydrogen-bond donors (Lipinski definition) is 1. The van der Waals surface area contributed by atoms with E-state index in [0.29, 0.717) is 13.0 Å². The molecule has 1 aromatic carbocycles. The van der Waals surface area contributed by atoms with Crippen LogP contribution in [0, 0.1) is 6.92 Å². The Hall–Kier alpha value is -1.55. The van der Waals surface area contributed by atoms with Gasteiger partial charge in [-0.2, -0.15) is 0 Å². The summed E-state index contributed by atoms with van der Waals surface area (Å²) in [6, 6.07) is 7.77. The highest BCUT2D eigenvalue weighted by Crippen LogP contribution is 2.18. The minimum absolute atomic E-state index is 0.0329. The summed E-state index contributed by atoms with van der Waals surface area (Å²) >= 11 is 0. The lowest BCUT2D eigenvalue weighted by Crippen LogP contribution is -2.39. The Kier molecular flexibility index (Phi) is 7.09. The molecule has 1 unspecified atom stereocenters. The highest BCUT2D eigenvalue weighted by Gasteiger charge is 2.18. The second-order valence-electron chi connectivity index (χ2n) is 5.23. The Morgan fingerprint density at radius 2 is 2.05 bits per heavy atom. The van der Waals surface area contributed by atoms with Crippen molar-refractivity contribution in [2.75, 3.05) is 27.2 Å². The van der Waals surface area contributed by atoms with Crippen LogP contribution in [0.5, 0.6) is 5.75 Å². The van der Waals surface area contributed by atoms with Crippen LogP contribution >= 0.6 is 0 Å². The Bertz CT molecular complexity index is 419. The summed E-state index contributed by atoms with van der Waals surface area (Å²) in [5.41, 5.74) is 1.05. The predicted octanol–water partition coefficient (Wildman–Crippen LogP) is 2.22. The third kappa shape index (κ3) is 5.61. The van der Waals surface area contributed by atoms with Gasteiger partial charge in [0.2, 0.25) is 0 Å². The third-order valence-electron chi connectivity index (χ3n) is 3.11. The highest BCUT2D eigenvalue weighted by molar-refractivity contribution is 5.81. The molecule has 0 fully saturated rings. The summed E-state index contributed by atoms with van der Waals surface area (Å²) in [4.78, 5) is 14.2. The van der Waals surface area contributed by atoms with Gasteiger partial charge in [0, 0.05) is 6.54 Å². The fourth-order valence-electron chi connectivity index (χ4n) is 1.88. The van der Waals surface area contributed by atoms with Gasteiger partial charge in [-0.25, -0.2) is 0 Å². The molecule has 0 bridgehead atoms. The molecule has 0 heterocycles. The lowest BCUT2D eigenvalue weighted by Gasteiger charge is -2.19. The van der Waals surface area contributed by atoms with Crippen LogP contribution in [0.25, 0.3) is 0 Å². The average molecular weight is 278 g/mol. The zero-order valence-electron chi connectivity index (χ0n) is 13.0. The van der Waals surface area contributed by atoms with Gasteiger partial charge in [-0.3, -0.25) is 4.79 Å². The monoisotopic (exact) mass is 278 g/mol. The van der Waals surface area contributed by atoms with Gasteiger partial charge in [0.25, 0.3) is 5.91 Å². The van der Waals surface area contributed by atoms with E-state index in [9.17, 15) is 4.79 Å². The van der Waals surface area contributed by atoms with Crippen LogP contribution in [-0.2, 0) is 4.79 Å². The van der Waals surface area contributed by atoms with E-state index < -0.39 is 6.10 Å². The van der Waals surface area contributed by atoms with Crippen LogP contribution < -0.4 is 10.1 Å². The molecule has 112 valence electrons. The zero-order chi connectivity index (χ0) is 15.0. The van der Waals surface area contributed by atoms with E-state index in [1.807, 2.05) is 52.2 Å².